The average molecular weight is 376 g/mol. The van der Waals surface area contributed by atoms with Crippen LogP contribution in [0.15, 0.2) is 10.6 Å². The summed E-state index contributed by atoms with van der Waals surface area (Å²) in [5.74, 6) is 2.89. The topological polar surface area (TPSA) is 67.6 Å². The summed E-state index contributed by atoms with van der Waals surface area (Å²) in [6, 6.07) is 2.33. The standard InChI is InChI=1S/C21H33N3O3/c1-14(25)22-20-8-16-11-24(12-17(16)9-21(20)26-2)13-18-10-19(23-27-18)15-6-4-3-5-7-15/h10,15-17,20-21H,3-9,11-13H2,1-2H3,(H,22,25)/t16-,17+,20-,21-/m1/s1. The average Bonchev–Trinajstić information content (AvgIpc) is 3.27. The molecule has 2 aliphatic carbocycles. The van der Waals surface area contributed by atoms with Crippen molar-refractivity contribution in [1.82, 2.24) is 15.4 Å². The van der Waals surface area contributed by atoms with Crippen molar-refractivity contribution < 1.29 is 14.1 Å². The summed E-state index contributed by atoms with van der Waals surface area (Å²) >= 11 is 0. The summed E-state index contributed by atoms with van der Waals surface area (Å²) < 4.78 is 11.4. The van der Waals surface area contributed by atoms with Crippen LogP contribution in [0.5, 0.6) is 0 Å². The van der Waals surface area contributed by atoms with Crippen molar-refractivity contribution >= 4 is 5.91 Å². The van der Waals surface area contributed by atoms with Gasteiger partial charge in [-0.1, -0.05) is 24.4 Å². The lowest BCUT2D eigenvalue weighted by atomic mass is 9.77. The number of nitrogens with one attached hydrogen (secondary N) is 1. The minimum atomic E-state index is 0.0345. The molecule has 1 N–H and O–H groups in total. The summed E-state index contributed by atoms with van der Waals surface area (Å²) in [4.78, 5) is 14.0. The van der Waals surface area contributed by atoms with Gasteiger partial charge in [0.15, 0.2) is 5.76 Å². The molecule has 6 nitrogen and oxygen atoms in total. The molecule has 2 heterocycles. The van der Waals surface area contributed by atoms with Crippen LogP contribution in [0.2, 0.25) is 0 Å². The number of carbonyl (C=O) groups excluding carboxylic acids is 1. The van der Waals surface area contributed by atoms with Crippen molar-refractivity contribution in [1.29, 1.82) is 0 Å². The number of carbonyl (C=O) groups is 1. The number of aromatic nitrogens is 1. The van der Waals surface area contributed by atoms with E-state index in [9.17, 15) is 4.79 Å². The Morgan fingerprint density at radius 2 is 2.00 bits per heavy atom. The van der Waals surface area contributed by atoms with Gasteiger partial charge in [0.2, 0.25) is 5.91 Å². The van der Waals surface area contributed by atoms with E-state index in [2.05, 4.69) is 21.4 Å². The van der Waals surface area contributed by atoms with Crippen molar-refractivity contribution in [3.63, 3.8) is 0 Å². The predicted molar refractivity (Wildman–Crippen MR) is 102 cm³/mol. The zero-order chi connectivity index (χ0) is 18.8. The zero-order valence-corrected chi connectivity index (χ0v) is 16.7. The van der Waals surface area contributed by atoms with E-state index in [1.807, 2.05) is 0 Å². The fourth-order valence-corrected chi connectivity index (χ4v) is 5.53. The van der Waals surface area contributed by atoms with Crippen LogP contribution in [0, 0.1) is 11.8 Å². The molecule has 4 atom stereocenters. The molecule has 1 saturated heterocycles. The fraction of sp³-hybridized carbons (Fsp3) is 0.810. The van der Waals surface area contributed by atoms with E-state index in [0.717, 1.165) is 43.9 Å². The number of hydrogen-bond acceptors (Lipinski definition) is 5. The van der Waals surface area contributed by atoms with Gasteiger partial charge in [-0.2, -0.15) is 0 Å². The first-order valence-electron chi connectivity index (χ1n) is 10.6. The van der Waals surface area contributed by atoms with Crippen LogP contribution in [-0.2, 0) is 16.1 Å². The van der Waals surface area contributed by atoms with Crippen LogP contribution in [0.1, 0.15) is 69.2 Å². The third kappa shape index (κ3) is 4.37. The summed E-state index contributed by atoms with van der Waals surface area (Å²) in [6.45, 7) is 4.58. The quantitative estimate of drug-likeness (QED) is 0.857. The lowest BCUT2D eigenvalue weighted by Crippen LogP contribution is -2.49. The van der Waals surface area contributed by atoms with Crippen LogP contribution >= 0.6 is 0 Å². The number of amides is 1. The Balaban J connectivity index is 1.34. The van der Waals surface area contributed by atoms with Gasteiger partial charge >= 0.3 is 0 Å². The predicted octanol–water partition coefficient (Wildman–Crippen LogP) is 3.08. The molecular weight excluding hydrogens is 342 g/mol. The van der Waals surface area contributed by atoms with Crippen molar-refractivity contribution in [2.75, 3.05) is 20.2 Å². The largest absolute Gasteiger partial charge is 0.379 e. The van der Waals surface area contributed by atoms with Crippen LogP contribution in [0.25, 0.3) is 0 Å². The molecule has 1 aliphatic heterocycles. The van der Waals surface area contributed by atoms with E-state index in [1.54, 1.807) is 14.0 Å². The Morgan fingerprint density at radius 3 is 2.70 bits per heavy atom. The SMILES string of the molecule is CO[C@@H]1C[C@H]2CN(Cc3cc(C4CCCCC4)no3)C[C@H]2C[C@H]1NC(C)=O. The minimum Gasteiger partial charge on any atom is -0.379 e. The minimum absolute atomic E-state index is 0.0345. The van der Waals surface area contributed by atoms with Gasteiger partial charge in [0.05, 0.1) is 24.4 Å². The van der Waals surface area contributed by atoms with Gasteiger partial charge in [0, 0.05) is 39.1 Å². The van der Waals surface area contributed by atoms with Crippen molar-refractivity contribution in [2.24, 2.45) is 11.8 Å². The lowest BCUT2D eigenvalue weighted by Gasteiger charge is -2.37. The van der Waals surface area contributed by atoms with Crippen LogP contribution in [0.3, 0.4) is 0 Å². The van der Waals surface area contributed by atoms with Crippen molar-refractivity contribution in [3.8, 4) is 0 Å². The highest BCUT2D eigenvalue weighted by atomic mass is 16.5. The van der Waals surface area contributed by atoms with Crippen LogP contribution < -0.4 is 5.32 Å². The van der Waals surface area contributed by atoms with Crippen LogP contribution in [0.4, 0.5) is 0 Å². The van der Waals surface area contributed by atoms with E-state index >= 15 is 0 Å². The maximum atomic E-state index is 11.5. The molecule has 1 amide bonds. The third-order valence-electron chi connectivity index (χ3n) is 6.86. The zero-order valence-electron chi connectivity index (χ0n) is 16.7. The molecule has 0 aromatic carbocycles. The van der Waals surface area contributed by atoms with Gasteiger partial charge in [-0.3, -0.25) is 9.69 Å². The number of rotatable bonds is 5. The Morgan fingerprint density at radius 1 is 1.26 bits per heavy atom. The fourth-order valence-electron chi connectivity index (χ4n) is 5.53. The molecule has 0 bridgehead atoms. The molecule has 3 fully saturated rings. The van der Waals surface area contributed by atoms with E-state index in [-0.39, 0.29) is 18.1 Å². The van der Waals surface area contributed by atoms with E-state index in [4.69, 9.17) is 9.26 Å². The monoisotopic (exact) mass is 375 g/mol. The summed E-state index contributed by atoms with van der Waals surface area (Å²) in [5.41, 5.74) is 1.16. The molecule has 3 aliphatic rings. The van der Waals surface area contributed by atoms with Crippen molar-refractivity contribution in [3.05, 3.63) is 17.5 Å². The molecule has 6 heteroatoms. The molecule has 27 heavy (non-hydrogen) atoms. The van der Waals surface area contributed by atoms with Crippen molar-refractivity contribution in [2.45, 2.75) is 76.5 Å². The van der Waals surface area contributed by atoms with Crippen LogP contribution in [-0.4, -0.2) is 48.3 Å². The number of fused-ring (bicyclic) bond motifs is 1. The van der Waals surface area contributed by atoms with Gasteiger partial charge in [0.25, 0.3) is 0 Å². The third-order valence-corrected chi connectivity index (χ3v) is 6.86. The highest BCUT2D eigenvalue weighted by Gasteiger charge is 2.42. The molecule has 4 rings (SSSR count). The van der Waals surface area contributed by atoms with Gasteiger partial charge < -0.3 is 14.6 Å². The molecular formula is C21H33N3O3. The Kier molecular flexibility index (Phi) is 5.83. The number of methoxy groups -OCH3 is 1. The molecule has 2 saturated carbocycles. The normalized spacial score (nSPS) is 32.4. The highest BCUT2D eigenvalue weighted by molar-refractivity contribution is 5.73. The summed E-state index contributed by atoms with van der Waals surface area (Å²) in [7, 11) is 1.76. The molecule has 1 aromatic rings. The Bertz CT molecular complexity index is 640. The molecule has 1 aromatic heterocycles. The smallest absolute Gasteiger partial charge is 0.217 e. The maximum absolute atomic E-state index is 11.5. The second kappa shape index (κ2) is 8.31. The molecule has 150 valence electrons. The Hall–Kier alpha value is -1.40. The highest BCUT2D eigenvalue weighted by Crippen LogP contribution is 2.38. The van der Waals surface area contributed by atoms with Gasteiger partial charge in [0.1, 0.15) is 0 Å². The number of nitrogens with zero attached hydrogens (tertiary/aromatic N) is 2. The molecule has 0 radical (unpaired) electrons. The first-order chi connectivity index (χ1) is 13.1. The van der Waals surface area contributed by atoms with Gasteiger partial charge in [-0.25, -0.2) is 0 Å². The number of hydrogen-bond donors (Lipinski definition) is 1. The van der Waals surface area contributed by atoms with E-state index in [1.165, 1.54) is 32.1 Å². The Labute approximate surface area is 162 Å². The second-order valence-corrected chi connectivity index (χ2v) is 8.82. The van der Waals surface area contributed by atoms with Gasteiger partial charge in [-0.15, -0.1) is 0 Å². The van der Waals surface area contributed by atoms with Gasteiger partial charge in [-0.05, 0) is 37.5 Å². The maximum Gasteiger partial charge on any atom is 0.217 e. The molecule has 0 spiro atoms. The lowest BCUT2D eigenvalue weighted by molar-refractivity contribution is -0.121. The second-order valence-electron chi connectivity index (χ2n) is 8.82. The number of likely N-dealkylation sites (tertiary alicyclic amines) is 1. The first kappa shape index (κ1) is 18.9. The molecule has 0 unspecified atom stereocenters. The van der Waals surface area contributed by atoms with E-state index < -0.39 is 0 Å². The van der Waals surface area contributed by atoms with E-state index in [0.29, 0.717) is 17.8 Å². The summed E-state index contributed by atoms with van der Waals surface area (Å²) in [6.07, 6.45) is 8.65. The summed E-state index contributed by atoms with van der Waals surface area (Å²) in [5, 5.41) is 7.46. The number of ether oxygens (including phenoxy) is 1. The first-order valence-corrected chi connectivity index (χ1v) is 10.6.